The van der Waals surface area contributed by atoms with Gasteiger partial charge in [-0.1, -0.05) is 19.4 Å². The van der Waals surface area contributed by atoms with Crippen LogP contribution >= 0.6 is 12.4 Å². The van der Waals surface area contributed by atoms with Crippen LogP contribution in [0.1, 0.15) is 42.1 Å². The smallest absolute Gasteiger partial charge is 0.251 e. The second-order valence-corrected chi connectivity index (χ2v) is 8.43. The highest BCUT2D eigenvalue weighted by Crippen LogP contribution is 2.22. The maximum absolute atomic E-state index is 12.8. The van der Waals surface area contributed by atoms with Gasteiger partial charge in [0.15, 0.2) is 0 Å². The highest BCUT2D eigenvalue weighted by molar-refractivity contribution is 7.89. The van der Waals surface area contributed by atoms with Crippen LogP contribution in [-0.4, -0.2) is 44.8 Å². The first-order chi connectivity index (χ1) is 11.4. The molecule has 0 bridgehead atoms. The van der Waals surface area contributed by atoms with Crippen molar-refractivity contribution in [1.29, 1.82) is 0 Å². The number of halogens is 1. The number of carbonyl (C=O) groups is 1. The molecule has 1 unspecified atom stereocenters. The van der Waals surface area contributed by atoms with Crippen LogP contribution < -0.4 is 11.1 Å². The molecule has 1 aliphatic rings. The Morgan fingerprint density at radius 1 is 1.28 bits per heavy atom. The van der Waals surface area contributed by atoms with Crippen molar-refractivity contribution in [2.45, 2.75) is 38.0 Å². The molecule has 1 heterocycles. The summed E-state index contributed by atoms with van der Waals surface area (Å²) in [5, 5.41) is 2.82. The molecule has 1 fully saturated rings. The lowest BCUT2D eigenvalue weighted by molar-refractivity contribution is 0.0947. The van der Waals surface area contributed by atoms with Gasteiger partial charge in [-0.2, -0.15) is 4.31 Å². The van der Waals surface area contributed by atoms with E-state index in [-0.39, 0.29) is 29.1 Å². The topological polar surface area (TPSA) is 92.5 Å². The molecule has 1 amide bonds. The fourth-order valence-corrected chi connectivity index (χ4v) is 4.25. The fourth-order valence-electron chi connectivity index (χ4n) is 2.71. The first-order valence-electron chi connectivity index (χ1n) is 8.45. The van der Waals surface area contributed by atoms with Crippen LogP contribution in [0.25, 0.3) is 0 Å². The summed E-state index contributed by atoms with van der Waals surface area (Å²) >= 11 is 0. The standard InChI is InChI=1S/C17H27N3O3S.ClH/c1-13(11-18)12-19-17(21)16-10-15(7-6-14(16)2)24(22,23)20-8-4-3-5-9-20;/h6-7,10,13H,3-5,8-9,11-12,18H2,1-2H3,(H,19,21);1H. The van der Waals surface area contributed by atoms with Crippen molar-refractivity contribution in [2.75, 3.05) is 26.2 Å². The van der Waals surface area contributed by atoms with Gasteiger partial charge in [0, 0.05) is 25.2 Å². The number of hydrogen-bond acceptors (Lipinski definition) is 4. The average Bonchev–Trinajstić information content (AvgIpc) is 2.60. The SMILES string of the molecule is Cc1ccc(S(=O)(=O)N2CCCCC2)cc1C(=O)NCC(C)CN.Cl. The Morgan fingerprint density at radius 2 is 1.92 bits per heavy atom. The van der Waals surface area contributed by atoms with Gasteiger partial charge in [0.2, 0.25) is 10.0 Å². The van der Waals surface area contributed by atoms with Crippen molar-refractivity contribution in [3.8, 4) is 0 Å². The molecule has 1 aromatic carbocycles. The number of amides is 1. The molecule has 1 atom stereocenters. The predicted molar refractivity (Wildman–Crippen MR) is 102 cm³/mol. The number of benzene rings is 1. The van der Waals surface area contributed by atoms with Gasteiger partial charge < -0.3 is 11.1 Å². The van der Waals surface area contributed by atoms with Crippen molar-refractivity contribution >= 4 is 28.3 Å². The Kier molecular flexibility index (Phi) is 8.34. The summed E-state index contributed by atoms with van der Waals surface area (Å²) in [5.74, 6) is -0.0852. The predicted octanol–water partition coefficient (Wildman–Crippen LogP) is 1.92. The van der Waals surface area contributed by atoms with E-state index in [1.807, 2.05) is 6.92 Å². The summed E-state index contributed by atoms with van der Waals surface area (Å²) in [5.41, 5.74) is 6.71. The van der Waals surface area contributed by atoms with Crippen LogP contribution in [0, 0.1) is 12.8 Å². The minimum absolute atomic E-state index is 0. The maximum Gasteiger partial charge on any atom is 0.251 e. The highest BCUT2D eigenvalue weighted by atomic mass is 35.5. The lowest BCUT2D eigenvalue weighted by atomic mass is 10.1. The maximum atomic E-state index is 12.8. The van der Waals surface area contributed by atoms with E-state index in [0.717, 1.165) is 24.8 Å². The second kappa shape index (κ2) is 9.52. The molecule has 25 heavy (non-hydrogen) atoms. The van der Waals surface area contributed by atoms with E-state index < -0.39 is 10.0 Å². The van der Waals surface area contributed by atoms with Crippen molar-refractivity contribution in [3.63, 3.8) is 0 Å². The van der Waals surface area contributed by atoms with E-state index in [2.05, 4.69) is 5.32 Å². The van der Waals surface area contributed by atoms with Crippen LogP contribution in [0.4, 0.5) is 0 Å². The molecule has 8 heteroatoms. The lowest BCUT2D eigenvalue weighted by Crippen LogP contribution is -2.36. The van der Waals surface area contributed by atoms with Crippen LogP contribution in [0.2, 0.25) is 0 Å². The molecule has 0 saturated carbocycles. The van der Waals surface area contributed by atoms with E-state index in [0.29, 0.717) is 31.7 Å². The first-order valence-corrected chi connectivity index (χ1v) is 9.89. The quantitative estimate of drug-likeness (QED) is 0.777. The fraction of sp³-hybridized carbons (Fsp3) is 0.588. The first kappa shape index (κ1) is 21.9. The van der Waals surface area contributed by atoms with E-state index in [1.54, 1.807) is 19.1 Å². The molecule has 0 aliphatic carbocycles. The molecule has 1 saturated heterocycles. The Hall–Kier alpha value is -1.15. The number of aryl methyl sites for hydroxylation is 1. The number of carbonyl (C=O) groups excluding carboxylic acids is 1. The Labute approximate surface area is 156 Å². The Bertz CT molecular complexity index is 688. The third-order valence-electron chi connectivity index (χ3n) is 4.42. The van der Waals surface area contributed by atoms with E-state index in [4.69, 9.17) is 5.73 Å². The molecular weight excluding hydrogens is 362 g/mol. The zero-order chi connectivity index (χ0) is 17.7. The van der Waals surface area contributed by atoms with E-state index in [1.165, 1.54) is 10.4 Å². The van der Waals surface area contributed by atoms with Crippen LogP contribution in [0.5, 0.6) is 0 Å². The second-order valence-electron chi connectivity index (χ2n) is 6.49. The van der Waals surface area contributed by atoms with Gasteiger partial charge in [0.1, 0.15) is 0 Å². The summed E-state index contributed by atoms with van der Waals surface area (Å²) in [6.45, 7) is 5.81. The molecule has 2 rings (SSSR count). The molecule has 1 aliphatic heterocycles. The van der Waals surface area contributed by atoms with Crippen molar-refractivity contribution in [2.24, 2.45) is 11.7 Å². The van der Waals surface area contributed by atoms with Gasteiger partial charge in [-0.15, -0.1) is 12.4 Å². The lowest BCUT2D eigenvalue weighted by Gasteiger charge is -2.26. The van der Waals surface area contributed by atoms with Crippen LogP contribution in [0.15, 0.2) is 23.1 Å². The summed E-state index contributed by atoms with van der Waals surface area (Å²) < 4.78 is 27.0. The number of hydrogen-bond donors (Lipinski definition) is 2. The Morgan fingerprint density at radius 3 is 2.52 bits per heavy atom. The van der Waals surface area contributed by atoms with Gasteiger partial charge in [-0.05, 0) is 49.9 Å². The molecule has 142 valence electrons. The molecule has 0 radical (unpaired) electrons. The number of sulfonamides is 1. The number of rotatable bonds is 6. The van der Waals surface area contributed by atoms with Gasteiger partial charge >= 0.3 is 0 Å². The zero-order valence-corrected chi connectivity index (χ0v) is 16.5. The van der Waals surface area contributed by atoms with Gasteiger partial charge in [0.05, 0.1) is 4.90 Å². The van der Waals surface area contributed by atoms with Crippen molar-refractivity contribution < 1.29 is 13.2 Å². The van der Waals surface area contributed by atoms with Crippen molar-refractivity contribution in [1.82, 2.24) is 9.62 Å². The van der Waals surface area contributed by atoms with Crippen molar-refractivity contribution in [3.05, 3.63) is 29.3 Å². The van der Waals surface area contributed by atoms with Gasteiger partial charge in [-0.3, -0.25) is 4.79 Å². The van der Waals surface area contributed by atoms with E-state index in [9.17, 15) is 13.2 Å². The monoisotopic (exact) mass is 389 g/mol. The number of nitrogens with one attached hydrogen (secondary N) is 1. The number of nitrogens with zero attached hydrogens (tertiary/aromatic N) is 1. The van der Waals surface area contributed by atoms with Gasteiger partial charge in [-0.25, -0.2) is 8.42 Å². The van der Waals surface area contributed by atoms with Crippen LogP contribution in [0.3, 0.4) is 0 Å². The average molecular weight is 390 g/mol. The normalized spacial score (nSPS) is 16.8. The largest absolute Gasteiger partial charge is 0.352 e. The minimum atomic E-state index is -3.54. The molecule has 0 aromatic heterocycles. The summed E-state index contributed by atoms with van der Waals surface area (Å²) in [4.78, 5) is 12.6. The summed E-state index contributed by atoms with van der Waals surface area (Å²) in [6.07, 6.45) is 2.83. The molecule has 1 aromatic rings. The highest BCUT2D eigenvalue weighted by Gasteiger charge is 2.27. The third kappa shape index (κ3) is 5.41. The minimum Gasteiger partial charge on any atom is -0.352 e. The van der Waals surface area contributed by atoms with E-state index >= 15 is 0 Å². The van der Waals surface area contributed by atoms with Gasteiger partial charge in [0.25, 0.3) is 5.91 Å². The van der Waals surface area contributed by atoms with Crippen LogP contribution in [-0.2, 0) is 10.0 Å². The molecule has 0 spiro atoms. The molecule has 6 nitrogen and oxygen atoms in total. The zero-order valence-electron chi connectivity index (χ0n) is 14.8. The summed E-state index contributed by atoms with van der Waals surface area (Å²) in [7, 11) is -3.54. The summed E-state index contributed by atoms with van der Waals surface area (Å²) in [6, 6.07) is 4.76. The molecule has 3 N–H and O–H groups in total. The Balaban J connectivity index is 0.00000312. The number of nitrogens with two attached hydrogens (primary N) is 1. The third-order valence-corrected chi connectivity index (χ3v) is 6.31. The molecular formula is C17H28ClN3O3S. The number of piperidine rings is 1.